The molecule has 4 aromatic rings. The number of hydrogen-bond acceptors (Lipinski definition) is 9. The molecule has 0 bridgehead atoms. The molecule has 1 unspecified atom stereocenters. The van der Waals surface area contributed by atoms with Crippen molar-refractivity contribution in [3.63, 3.8) is 0 Å². The second-order valence-electron chi connectivity index (χ2n) is 18.7. The van der Waals surface area contributed by atoms with Gasteiger partial charge in [-0.15, -0.1) is 0 Å². The van der Waals surface area contributed by atoms with Gasteiger partial charge in [0.25, 0.3) is 18.2 Å². The number of benzene rings is 2. The van der Waals surface area contributed by atoms with E-state index < -0.39 is 36.1 Å². The zero-order valence-corrected chi connectivity index (χ0v) is 35.0. The minimum atomic E-state index is -2.67. The van der Waals surface area contributed by atoms with Crippen LogP contribution in [0.2, 0.25) is 0 Å². The van der Waals surface area contributed by atoms with Gasteiger partial charge in [0.2, 0.25) is 17.7 Å². The second kappa shape index (κ2) is 14.4. The molecule has 2 aliphatic carbocycles. The molecule has 3 fully saturated rings. The number of nitrogens with zero attached hydrogens (tertiary/aromatic N) is 8. The van der Waals surface area contributed by atoms with E-state index >= 15 is 0 Å². The lowest BCUT2D eigenvalue weighted by atomic mass is 9.74. The number of halogens is 2. The van der Waals surface area contributed by atoms with Gasteiger partial charge in [-0.25, -0.2) is 8.78 Å². The first-order chi connectivity index (χ1) is 29.8. The maximum absolute atomic E-state index is 14.7. The van der Waals surface area contributed by atoms with E-state index in [1.54, 1.807) is 37.1 Å². The largest absolute Gasteiger partial charge is 0.338 e. The molecule has 322 valence electrons. The van der Waals surface area contributed by atoms with Crippen LogP contribution >= 0.6 is 0 Å². The van der Waals surface area contributed by atoms with Gasteiger partial charge in [-0.1, -0.05) is 0 Å². The first kappa shape index (κ1) is 39.1. The standard InChI is InChI=1S/C46H49F2N9O5/c1-25(58)53-13-11-37-36(22-53)42(55-12-3-4-26-14-32(29-20-49-52(2)21-29)33(41(47)48)17-39(26)55)51-57(37)31-7-5-30(6-8-31)54-23-46(24-54)18-27-15-34-35(16-28(27)19-46)45(62)56(44(34)61)38-9-10-40(59)50-43(38)60/h14-17,20-21,30-31,38,41H,3-13,18-19,22-24H2,1-2H3,(H,50,59,60). The highest BCUT2D eigenvalue weighted by Gasteiger charge is 2.51. The first-order valence-electron chi connectivity index (χ1n) is 22.0. The van der Waals surface area contributed by atoms with Gasteiger partial charge in [-0.3, -0.25) is 48.5 Å². The van der Waals surface area contributed by atoms with Crippen molar-refractivity contribution in [2.75, 3.05) is 31.1 Å². The monoisotopic (exact) mass is 845 g/mol. The van der Waals surface area contributed by atoms with E-state index in [2.05, 4.69) is 24.9 Å². The number of piperidine rings is 1. The number of carbonyl (C=O) groups excluding carboxylic acids is 5. The molecule has 1 spiro atoms. The number of aryl methyl sites for hydroxylation is 2. The van der Waals surface area contributed by atoms with Crippen molar-refractivity contribution >= 4 is 41.0 Å². The molecule has 2 aromatic carbocycles. The average molecular weight is 846 g/mol. The number of hydrogen-bond donors (Lipinski definition) is 1. The van der Waals surface area contributed by atoms with Crippen LogP contribution in [0, 0.1) is 5.41 Å². The molecule has 1 N–H and O–H groups in total. The highest BCUT2D eigenvalue weighted by atomic mass is 19.3. The maximum atomic E-state index is 14.7. The number of imide groups is 2. The zero-order chi connectivity index (χ0) is 42.8. The number of fused-ring (bicyclic) bond motifs is 4. The molecule has 0 radical (unpaired) electrons. The highest BCUT2D eigenvalue weighted by Crippen LogP contribution is 2.49. The lowest BCUT2D eigenvalue weighted by molar-refractivity contribution is -0.136. The molecule has 11 rings (SSSR count). The van der Waals surface area contributed by atoms with Gasteiger partial charge < -0.3 is 9.80 Å². The SMILES string of the molecule is CC(=O)N1CCc2c(c(N3CCCc4cc(-c5cnn(C)c5)c(C(F)F)cc43)nn2C2CCC(N3CC4(Cc5cc6c(cc5C4)C(=O)N(C4CCC(=O)NC4=O)C6=O)C3)CC2)C1. The molecule has 1 saturated carbocycles. The number of aromatic nitrogens is 4. The Labute approximate surface area is 357 Å². The normalized spacial score (nSPS) is 24.3. The fourth-order valence-electron chi connectivity index (χ4n) is 11.8. The van der Waals surface area contributed by atoms with Crippen molar-refractivity contribution < 1.29 is 32.8 Å². The van der Waals surface area contributed by atoms with Gasteiger partial charge in [-0.2, -0.15) is 10.2 Å². The molecular weight excluding hydrogens is 797 g/mol. The lowest BCUT2D eigenvalue weighted by Crippen LogP contribution is -2.60. The summed E-state index contributed by atoms with van der Waals surface area (Å²) in [7, 11) is 1.78. The molecule has 14 nitrogen and oxygen atoms in total. The van der Waals surface area contributed by atoms with Gasteiger partial charge in [0, 0.05) is 98.7 Å². The van der Waals surface area contributed by atoms with Crippen molar-refractivity contribution in [2.24, 2.45) is 12.5 Å². The van der Waals surface area contributed by atoms with E-state index in [0.717, 1.165) is 109 Å². The third-order valence-electron chi connectivity index (χ3n) is 14.9. The summed E-state index contributed by atoms with van der Waals surface area (Å²) in [6.45, 7) is 5.20. The average Bonchev–Trinajstić information content (AvgIpc) is 4.01. The Morgan fingerprint density at radius 1 is 0.855 bits per heavy atom. The molecular formula is C46H49F2N9O5. The maximum Gasteiger partial charge on any atom is 0.264 e. The zero-order valence-electron chi connectivity index (χ0n) is 35.0. The quantitative estimate of drug-likeness (QED) is 0.259. The Balaban J connectivity index is 0.791. The van der Waals surface area contributed by atoms with E-state index in [0.29, 0.717) is 54.4 Å². The van der Waals surface area contributed by atoms with Crippen molar-refractivity contribution in [3.8, 4) is 11.1 Å². The van der Waals surface area contributed by atoms with Crippen LogP contribution in [0.15, 0.2) is 36.7 Å². The predicted molar refractivity (Wildman–Crippen MR) is 222 cm³/mol. The van der Waals surface area contributed by atoms with E-state index in [4.69, 9.17) is 5.10 Å². The van der Waals surface area contributed by atoms with Crippen LogP contribution in [0.4, 0.5) is 20.3 Å². The number of nitrogens with one attached hydrogen (secondary N) is 1. The van der Waals surface area contributed by atoms with E-state index in [9.17, 15) is 32.8 Å². The van der Waals surface area contributed by atoms with E-state index in [1.165, 1.54) is 0 Å². The Hall–Kier alpha value is -5.77. The van der Waals surface area contributed by atoms with Crippen LogP contribution in [0.3, 0.4) is 0 Å². The first-order valence-corrected chi connectivity index (χ1v) is 22.0. The van der Waals surface area contributed by atoms with Crippen LogP contribution in [0.25, 0.3) is 11.1 Å². The number of rotatable bonds is 6. The number of carbonyl (C=O) groups is 5. The number of anilines is 2. The fourth-order valence-corrected chi connectivity index (χ4v) is 11.8. The summed E-state index contributed by atoms with van der Waals surface area (Å²) in [6, 6.07) is 6.94. The van der Waals surface area contributed by atoms with E-state index in [-0.39, 0.29) is 35.8 Å². The number of likely N-dealkylation sites (tertiary alicyclic amines) is 1. The smallest absolute Gasteiger partial charge is 0.264 e. The van der Waals surface area contributed by atoms with Gasteiger partial charge in [0.1, 0.15) is 6.04 Å². The summed E-state index contributed by atoms with van der Waals surface area (Å²) in [5.41, 5.74) is 8.01. The summed E-state index contributed by atoms with van der Waals surface area (Å²) >= 11 is 0. The molecule has 62 heavy (non-hydrogen) atoms. The molecule has 2 aromatic heterocycles. The third kappa shape index (κ3) is 6.22. The molecule has 5 amide bonds. The Morgan fingerprint density at radius 3 is 2.19 bits per heavy atom. The summed E-state index contributed by atoms with van der Waals surface area (Å²) in [5, 5.41) is 11.9. The summed E-state index contributed by atoms with van der Waals surface area (Å²) in [5.74, 6) is -1.14. The van der Waals surface area contributed by atoms with Crippen molar-refractivity contribution in [1.29, 1.82) is 0 Å². The fraction of sp³-hybridized carbons (Fsp3) is 0.500. The van der Waals surface area contributed by atoms with Gasteiger partial charge in [-0.05, 0) is 104 Å². The molecule has 16 heteroatoms. The summed E-state index contributed by atoms with van der Waals surface area (Å²) in [4.78, 5) is 71.5. The van der Waals surface area contributed by atoms with Crippen molar-refractivity contribution in [3.05, 3.63) is 81.3 Å². The number of alkyl halides is 2. The Bertz CT molecular complexity index is 2560. The van der Waals surface area contributed by atoms with Crippen LogP contribution in [-0.4, -0.2) is 102 Å². The summed E-state index contributed by atoms with van der Waals surface area (Å²) in [6.07, 6.45) is 8.89. The van der Waals surface area contributed by atoms with Crippen molar-refractivity contribution in [1.82, 2.24) is 39.6 Å². The minimum absolute atomic E-state index is 0.00943. The molecule has 7 aliphatic rings. The molecule has 2 saturated heterocycles. The van der Waals surface area contributed by atoms with Gasteiger partial charge in [0.05, 0.1) is 29.9 Å². The molecule has 5 aliphatic heterocycles. The Kier molecular flexibility index (Phi) is 9.08. The summed E-state index contributed by atoms with van der Waals surface area (Å²) < 4.78 is 33.3. The van der Waals surface area contributed by atoms with Crippen LogP contribution < -0.4 is 10.2 Å². The van der Waals surface area contributed by atoms with Gasteiger partial charge in [0.15, 0.2) is 5.82 Å². The number of amides is 5. The van der Waals surface area contributed by atoms with E-state index in [1.807, 2.05) is 23.1 Å². The van der Waals surface area contributed by atoms with Crippen LogP contribution in [-0.2, 0) is 53.7 Å². The molecule has 7 heterocycles. The molecule has 1 atom stereocenters. The topological polar surface area (TPSA) is 146 Å². The van der Waals surface area contributed by atoms with Crippen LogP contribution in [0.5, 0.6) is 0 Å². The van der Waals surface area contributed by atoms with Gasteiger partial charge >= 0.3 is 0 Å². The minimum Gasteiger partial charge on any atom is -0.338 e. The Morgan fingerprint density at radius 2 is 1.55 bits per heavy atom. The lowest BCUT2D eigenvalue weighted by Gasteiger charge is -2.53. The highest BCUT2D eigenvalue weighted by molar-refractivity contribution is 6.23. The third-order valence-corrected chi connectivity index (χ3v) is 14.9. The van der Waals surface area contributed by atoms with Crippen LogP contribution in [0.1, 0.15) is 119 Å². The van der Waals surface area contributed by atoms with Crippen molar-refractivity contribution in [2.45, 2.75) is 109 Å². The second-order valence-corrected chi connectivity index (χ2v) is 18.7. The predicted octanol–water partition coefficient (Wildman–Crippen LogP) is 5.20.